The van der Waals surface area contributed by atoms with Crippen LogP contribution in [0.2, 0.25) is 0 Å². The van der Waals surface area contributed by atoms with Crippen LogP contribution in [-0.4, -0.2) is 34.4 Å². The van der Waals surface area contributed by atoms with Crippen LogP contribution in [0.3, 0.4) is 0 Å². The number of carbonyl (C=O) groups excluding carboxylic acids is 2. The molecule has 0 aliphatic carbocycles. The fourth-order valence-corrected chi connectivity index (χ4v) is 2.40. The Bertz CT molecular complexity index is 670. The lowest BCUT2D eigenvalue weighted by Crippen LogP contribution is -2.40. The topological polar surface area (TPSA) is 84.0 Å². The predicted molar refractivity (Wildman–Crippen MR) is 82.0 cm³/mol. The molecule has 1 aromatic carbocycles. The molecule has 108 valence electrons. The normalized spacial score (nSPS) is 10.1. The third kappa shape index (κ3) is 4.28. The number of imide groups is 1. The Morgan fingerprint density at radius 2 is 2.14 bits per heavy atom. The van der Waals surface area contributed by atoms with Crippen molar-refractivity contribution in [3.05, 3.63) is 43.1 Å². The molecule has 0 fully saturated rings. The summed E-state index contributed by atoms with van der Waals surface area (Å²) in [7, 11) is 0. The second-order valence-electron chi connectivity index (χ2n) is 4.07. The molecule has 6 nitrogen and oxygen atoms in total. The molecule has 1 aromatic heterocycles. The summed E-state index contributed by atoms with van der Waals surface area (Å²) in [6.07, 6.45) is 3.20. The summed E-state index contributed by atoms with van der Waals surface area (Å²) in [5, 5.41) is 15.2. The molecule has 0 atom stereocenters. The summed E-state index contributed by atoms with van der Waals surface area (Å²) < 4.78 is 0. The van der Waals surface area contributed by atoms with Gasteiger partial charge in [0.2, 0.25) is 5.91 Å². The lowest BCUT2D eigenvalue weighted by Gasteiger charge is -2.05. The number of thioether (sulfide) groups is 1. The van der Waals surface area contributed by atoms with E-state index in [9.17, 15) is 9.59 Å². The van der Waals surface area contributed by atoms with E-state index in [-0.39, 0.29) is 5.75 Å². The van der Waals surface area contributed by atoms with Gasteiger partial charge in [0.25, 0.3) is 0 Å². The summed E-state index contributed by atoms with van der Waals surface area (Å²) in [5.74, 6) is -0.305. The molecule has 21 heavy (non-hydrogen) atoms. The van der Waals surface area contributed by atoms with Gasteiger partial charge in [0.05, 0.1) is 11.9 Å². The molecule has 0 bridgehead atoms. The SMILES string of the molecule is C=CCNC(=O)NC(=O)CSc1nncc2ccccc12. The predicted octanol–water partition coefficient (Wildman–Crippen LogP) is 1.73. The first-order chi connectivity index (χ1) is 10.2. The van der Waals surface area contributed by atoms with Crippen LogP contribution in [-0.2, 0) is 4.79 Å². The quantitative estimate of drug-likeness (QED) is 0.649. The largest absolute Gasteiger partial charge is 0.334 e. The van der Waals surface area contributed by atoms with E-state index in [2.05, 4.69) is 27.4 Å². The van der Waals surface area contributed by atoms with E-state index < -0.39 is 11.9 Å². The van der Waals surface area contributed by atoms with Crippen molar-refractivity contribution in [2.24, 2.45) is 0 Å². The number of hydrogen-bond donors (Lipinski definition) is 2. The lowest BCUT2D eigenvalue weighted by molar-refractivity contribution is -0.117. The van der Waals surface area contributed by atoms with Crippen LogP contribution in [0.1, 0.15) is 0 Å². The van der Waals surface area contributed by atoms with Crippen LogP contribution >= 0.6 is 11.8 Å². The van der Waals surface area contributed by atoms with E-state index in [1.165, 1.54) is 17.8 Å². The van der Waals surface area contributed by atoms with Gasteiger partial charge >= 0.3 is 6.03 Å². The summed E-state index contributed by atoms with van der Waals surface area (Å²) in [6.45, 7) is 3.78. The van der Waals surface area contributed by atoms with Gasteiger partial charge in [0.15, 0.2) is 0 Å². The second-order valence-corrected chi connectivity index (χ2v) is 5.04. The molecule has 7 heteroatoms. The van der Waals surface area contributed by atoms with Crippen molar-refractivity contribution in [2.75, 3.05) is 12.3 Å². The number of benzene rings is 1. The molecular weight excluding hydrogens is 288 g/mol. The maximum absolute atomic E-state index is 11.7. The third-order valence-corrected chi connectivity index (χ3v) is 3.52. The van der Waals surface area contributed by atoms with Crippen molar-refractivity contribution < 1.29 is 9.59 Å². The van der Waals surface area contributed by atoms with E-state index in [0.29, 0.717) is 11.6 Å². The molecule has 2 aromatic rings. The fraction of sp³-hybridized carbons (Fsp3) is 0.143. The maximum atomic E-state index is 11.7. The Hall–Kier alpha value is -2.41. The molecule has 0 unspecified atom stereocenters. The van der Waals surface area contributed by atoms with Gasteiger partial charge in [-0.3, -0.25) is 10.1 Å². The molecule has 0 spiro atoms. The number of nitrogens with zero attached hydrogens (tertiary/aromatic N) is 2. The minimum Gasteiger partial charge on any atom is -0.334 e. The maximum Gasteiger partial charge on any atom is 0.321 e. The van der Waals surface area contributed by atoms with Gasteiger partial charge in [-0.2, -0.15) is 5.10 Å². The number of rotatable bonds is 5. The second kappa shape index (κ2) is 7.39. The number of carbonyl (C=O) groups is 2. The van der Waals surface area contributed by atoms with Gasteiger partial charge in [-0.05, 0) is 0 Å². The van der Waals surface area contributed by atoms with Gasteiger partial charge in [-0.1, -0.05) is 42.1 Å². The molecule has 1 heterocycles. The van der Waals surface area contributed by atoms with Gasteiger partial charge < -0.3 is 5.32 Å². The highest BCUT2D eigenvalue weighted by Gasteiger charge is 2.10. The molecule has 0 radical (unpaired) electrons. The molecule has 0 saturated heterocycles. The molecular formula is C14H14N4O2S. The Kier molecular flexibility index (Phi) is 5.28. The molecule has 3 amide bonds. The minimum atomic E-state index is -0.537. The highest BCUT2D eigenvalue weighted by molar-refractivity contribution is 8.00. The first-order valence-electron chi connectivity index (χ1n) is 6.22. The summed E-state index contributed by atoms with van der Waals surface area (Å²) in [5.41, 5.74) is 0. The zero-order valence-corrected chi connectivity index (χ0v) is 12.0. The average Bonchev–Trinajstić information content (AvgIpc) is 2.51. The lowest BCUT2D eigenvalue weighted by atomic mass is 10.2. The molecule has 0 saturated carbocycles. The number of hydrogen-bond acceptors (Lipinski definition) is 5. The Morgan fingerprint density at radius 3 is 2.95 bits per heavy atom. The van der Waals surface area contributed by atoms with Crippen molar-refractivity contribution in [3.8, 4) is 0 Å². The summed E-state index contributed by atoms with van der Waals surface area (Å²) >= 11 is 1.24. The summed E-state index contributed by atoms with van der Waals surface area (Å²) in [6, 6.07) is 7.12. The number of urea groups is 1. The third-order valence-electron chi connectivity index (χ3n) is 2.54. The van der Waals surface area contributed by atoms with Crippen molar-refractivity contribution in [1.29, 1.82) is 0 Å². The van der Waals surface area contributed by atoms with E-state index in [1.807, 2.05) is 24.3 Å². The number of amides is 3. The Labute approximate surface area is 126 Å². The number of aromatic nitrogens is 2. The highest BCUT2D eigenvalue weighted by Crippen LogP contribution is 2.24. The Balaban J connectivity index is 1.94. The standard InChI is InChI=1S/C14H14N4O2S/c1-2-7-15-14(20)17-12(19)9-21-13-11-6-4-3-5-10(11)8-16-18-13/h2-6,8H,1,7,9H2,(H2,15,17,19,20). The fourth-order valence-electron chi connectivity index (χ4n) is 1.61. The van der Waals surface area contributed by atoms with Crippen LogP contribution in [0.25, 0.3) is 10.8 Å². The number of fused-ring (bicyclic) bond motifs is 1. The first-order valence-corrected chi connectivity index (χ1v) is 7.21. The minimum absolute atomic E-state index is 0.0875. The van der Waals surface area contributed by atoms with Crippen molar-refractivity contribution in [3.63, 3.8) is 0 Å². The van der Waals surface area contributed by atoms with E-state index in [4.69, 9.17) is 0 Å². The van der Waals surface area contributed by atoms with Crippen LogP contribution in [0.5, 0.6) is 0 Å². The van der Waals surface area contributed by atoms with Gasteiger partial charge in [0.1, 0.15) is 5.03 Å². The van der Waals surface area contributed by atoms with Gasteiger partial charge in [0, 0.05) is 17.3 Å². The Morgan fingerprint density at radius 1 is 1.33 bits per heavy atom. The first kappa shape index (κ1) is 15.0. The molecule has 2 N–H and O–H groups in total. The smallest absolute Gasteiger partial charge is 0.321 e. The van der Waals surface area contributed by atoms with Crippen LogP contribution in [0.4, 0.5) is 4.79 Å². The number of nitrogens with one attached hydrogen (secondary N) is 2. The van der Waals surface area contributed by atoms with Crippen molar-refractivity contribution in [2.45, 2.75) is 5.03 Å². The zero-order chi connectivity index (χ0) is 15.1. The molecule has 2 rings (SSSR count). The van der Waals surface area contributed by atoms with Crippen LogP contribution in [0.15, 0.2) is 48.1 Å². The van der Waals surface area contributed by atoms with Gasteiger partial charge in [-0.25, -0.2) is 4.79 Å². The monoisotopic (exact) mass is 302 g/mol. The zero-order valence-electron chi connectivity index (χ0n) is 11.2. The molecule has 0 aliphatic rings. The van der Waals surface area contributed by atoms with Crippen molar-refractivity contribution in [1.82, 2.24) is 20.8 Å². The van der Waals surface area contributed by atoms with Crippen molar-refractivity contribution >= 4 is 34.5 Å². The molecule has 0 aliphatic heterocycles. The van der Waals surface area contributed by atoms with E-state index >= 15 is 0 Å². The highest BCUT2D eigenvalue weighted by atomic mass is 32.2. The van der Waals surface area contributed by atoms with Crippen LogP contribution in [0, 0.1) is 0 Å². The van der Waals surface area contributed by atoms with E-state index in [1.54, 1.807) is 6.20 Å². The summed E-state index contributed by atoms with van der Waals surface area (Å²) in [4.78, 5) is 23.0. The van der Waals surface area contributed by atoms with E-state index in [0.717, 1.165) is 10.8 Å². The van der Waals surface area contributed by atoms with Gasteiger partial charge in [-0.15, -0.1) is 11.7 Å². The average molecular weight is 302 g/mol. The van der Waals surface area contributed by atoms with Crippen LogP contribution < -0.4 is 10.6 Å².